The molecule has 0 fully saturated rings. The number of aromatic amines is 1. The second-order valence-electron chi connectivity index (χ2n) is 3.20. The third kappa shape index (κ3) is 1.25. The van der Waals surface area contributed by atoms with Crippen LogP contribution in [0.5, 0.6) is 5.75 Å². The summed E-state index contributed by atoms with van der Waals surface area (Å²) < 4.78 is 18.2. The first kappa shape index (κ1) is 9.06. The van der Waals surface area contributed by atoms with Crippen molar-refractivity contribution in [2.75, 3.05) is 7.11 Å². The molecule has 0 saturated carbocycles. The number of fused-ring (bicyclic) bond motifs is 1. The van der Waals surface area contributed by atoms with E-state index >= 15 is 0 Å². The first-order chi connectivity index (χ1) is 6.76. The molecule has 0 saturated heterocycles. The number of ether oxygens (including phenoxy) is 1. The van der Waals surface area contributed by atoms with Crippen LogP contribution in [0.15, 0.2) is 18.3 Å². The Morgan fingerprint density at radius 3 is 2.86 bits per heavy atom. The van der Waals surface area contributed by atoms with Crippen molar-refractivity contribution in [3.8, 4) is 5.75 Å². The molecule has 2 aromatic rings. The summed E-state index contributed by atoms with van der Waals surface area (Å²) in [6.45, 7) is 2.07. The van der Waals surface area contributed by atoms with Gasteiger partial charge in [0.15, 0.2) is 11.6 Å². The molecule has 14 heavy (non-hydrogen) atoms. The van der Waals surface area contributed by atoms with Gasteiger partial charge < -0.3 is 9.72 Å². The maximum absolute atomic E-state index is 13.3. The largest absolute Gasteiger partial charge is 0.494 e. The zero-order valence-corrected chi connectivity index (χ0v) is 8.23. The lowest BCUT2D eigenvalue weighted by Gasteiger charge is -2.02. The molecule has 1 aromatic heterocycles. The molecular formula is C11H12FNO. The molecule has 1 N–H and O–H groups in total. The second-order valence-corrected chi connectivity index (χ2v) is 3.20. The van der Waals surface area contributed by atoms with Crippen LogP contribution in [0.2, 0.25) is 0 Å². The van der Waals surface area contributed by atoms with Crippen molar-refractivity contribution < 1.29 is 9.13 Å². The topological polar surface area (TPSA) is 25.0 Å². The zero-order chi connectivity index (χ0) is 10.1. The number of methoxy groups -OCH3 is 1. The number of benzene rings is 1. The molecular weight excluding hydrogens is 181 g/mol. The smallest absolute Gasteiger partial charge is 0.167 e. The summed E-state index contributed by atoms with van der Waals surface area (Å²) in [6, 6.07) is 3.20. The van der Waals surface area contributed by atoms with Gasteiger partial charge >= 0.3 is 0 Å². The number of hydrogen-bond acceptors (Lipinski definition) is 1. The number of H-pyrrole nitrogens is 1. The maximum atomic E-state index is 13.3. The number of halogens is 1. The van der Waals surface area contributed by atoms with Crippen LogP contribution in [-0.4, -0.2) is 12.1 Å². The van der Waals surface area contributed by atoms with E-state index in [-0.39, 0.29) is 5.82 Å². The van der Waals surface area contributed by atoms with E-state index in [0.29, 0.717) is 5.75 Å². The van der Waals surface area contributed by atoms with E-state index < -0.39 is 0 Å². The Hall–Kier alpha value is -1.51. The molecule has 0 atom stereocenters. The second kappa shape index (κ2) is 3.33. The van der Waals surface area contributed by atoms with Crippen molar-refractivity contribution in [1.29, 1.82) is 0 Å². The monoisotopic (exact) mass is 193 g/mol. The van der Waals surface area contributed by atoms with Gasteiger partial charge in [0.2, 0.25) is 0 Å². The van der Waals surface area contributed by atoms with Crippen molar-refractivity contribution in [3.63, 3.8) is 0 Å². The van der Waals surface area contributed by atoms with E-state index in [0.717, 1.165) is 17.3 Å². The molecule has 3 heteroatoms. The van der Waals surface area contributed by atoms with Crippen LogP contribution in [0.25, 0.3) is 10.9 Å². The molecule has 0 spiro atoms. The minimum absolute atomic E-state index is 0.298. The van der Waals surface area contributed by atoms with Crippen LogP contribution in [0.4, 0.5) is 4.39 Å². The molecule has 74 valence electrons. The van der Waals surface area contributed by atoms with Crippen LogP contribution in [0.1, 0.15) is 12.5 Å². The molecule has 0 amide bonds. The predicted octanol–water partition coefficient (Wildman–Crippen LogP) is 2.88. The third-order valence-electron chi connectivity index (χ3n) is 2.42. The van der Waals surface area contributed by atoms with Crippen LogP contribution in [-0.2, 0) is 6.42 Å². The highest BCUT2D eigenvalue weighted by Crippen LogP contribution is 2.26. The maximum Gasteiger partial charge on any atom is 0.167 e. The lowest BCUT2D eigenvalue weighted by Crippen LogP contribution is -1.88. The van der Waals surface area contributed by atoms with Crippen LogP contribution in [0.3, 0.4) is 0 Å². The minimum atomic E-state index is -0.329. The Morgan fingerprint density at radius 1 is 1.43 bits per heavy atom. The van der Waals surface area contributed by atoms with Gasteiger partial charge in [-0.25, -0.2) is 4.39 Å². The average Bonchev–Trinajstić information content (AvgIpc) is 2.58. The highest BCUT2D eigenvalue weighted by molar-refractivity contribution is 5.84. The van der Waals surface area contributed by atoms with E-state index in [9.17, 15) is 4.39 Å². The molecule has 0 unspecified atom stereocenters. The van der Waals surface area contributed by atoms with Gasteiger partial charge in [-0.1, -0.05) is 6.92 Å². The number of nitrogens with one attached hydrogen (secondary N) is 1. The van der Waals surface area contributed by atoms with Crippen molar-refractivity contribution in [2.24, 2.45) is 0 Å². The molecule has 1 heterocycles. The summed E-state index contributed by atoms with van der Waals surface area (Å²) in [5, 5.41) is 1.03. The molecule has 1 aromatic carbocycles. The Bertz CT molecular complexity index is 462. The Labute approximate surface area is 81.7 Å². The van der Waals surface area contributed by atoms with E-state index in [1.807, 2.05) is 6.20 Å². The van der Waals surface area contributed by atoms with Crippen molar-refractivity contribution in [1.82, 2.24) is 4.98 Å². The van der Waals surface area contributed by atoms with Crippen LogP contribution >= 0.6 is 0 Å². The third-order valence-corrected chi connectivity index (χ3v) is 2.42. The van der Waals surface area contributed by atoms with Gasteiger partial charge in [-0.15, -0.1) is 0 Å². The highest BCUT2D eigenvalue weighted by Gasteiger charge is 2.08. The van der Waals surface area contributed by atoms with E-state index in [4.69, 9.17) is 4.74 Å². The average molecular weight is 193 g/mol. The normalized spacial score (nSPS) is 10.8. The van der Waals surface area contributed by atoms with Gasteiger partial charge in [0, 0.05) is 23.2 Å². The molecule has 0 aliphatic rings. The fourth-order valence-electron chi connectivity index (χ4n) is 1.63. The molecule has 0 radical (unpaired) electrons. The molecule has 2 nitrogen and oxygen atoms in total. The van der Waals surface area contributed by atoms with Gasteiger partial charge in [-0.05, 0) is 18.1 Å². The predicted molar refractivity (Wildman–Crippen MR) is 54.2 cm³/mol. The Kier molecular flexibility index (Phi) is 2.15. The standard InChI is InChI=1S/C11H12FNO/c1-3-7-6-13-10-5-9(12)11(14-2)4-8(7)10/h4-6,13H,3H2,1-2H3. The fourth-order valence-corrected chi connectivity index (χ4v) is 1.63. The number of aromatic nitrogens is 1. The number of hydrogen-bond donors (Lipinski definition) is 1. The van der Waals surface area contributed by atoms with Crippen molar-refractivity contribution in [2.45, 2.75) is 13.3 Å². The molecule has 0 aliphatic heterocycles. The van der Waals surface area contributed by atoms with Gasteiger partial charge in [-0.3, -0.25) is 0 Å². The summed E-state index contributed by atoms with van der Waals surface area (Å²) >= 11 is 0. The number of rotatable bonds is 2. The van der Waals surface area contributed by atoms with E-state index in [1.165, 1.54) is 18.7 Å². The van der Waals surface area contributed by atoms with Crippen molar-refractivity contribution in [3.05, 3.63) is 29.7 Å². The highest BCUT2D eigenvalue weighted by atomic mass is 19.1. The van der Waals surface area contributed by atoms with E-state index in [1.54, 1.807) is 6.07 Å². The van der Waals surface area contributed by atoms with E-state index in [2.05, 4.69) is 11.9 Å². The van der Waals surface area contributed by atoms with Crippen molar-refractivity contribution >= 4 is 10.9 Å². The molecule has 0 aliphatic carbocycles. The summed E-state index contributed by atoms with van der Waals surface area (Å²) in [5.41, 5.74) is 2.00. The Balaban J connectivity index is 2.70. The lowest BCUT2D eigenvalue weighted by molar-refractivity contribution is 0.387. The summed E-state index contributed by atoms with van der Waals surface area (Å²) in [6.07, 6.45) is 2.83. The molecule has 0 bridgehead atoms. The van der Waals surface area contributed by atoms with Gasteiger partial charge in [0.25, 0.3) is 0 Å². The summed E-state index contributed by atoms with van der Waals surface area (Å²) in [7, 11) is 1.47. The van der Waals surface area contributed by atoms with Gasteiger partial charge in [-0.2, -0.15) is 0 Å². The lowest BCUT2D eigenvalue weighted by atomic mass is 10.1. The van der Waals surface area contributed by atoms with Gasteiger partial charge in [0.1, 0.15) is 0 Å². The SMILES string of the molecule is CCc1c[nH]c2cc(F)c(OC)cc12. The van der Waals surface area contributed by atoms with Crippen LogP contribution in [0, 0.1) is 5.82 Å². The first-order valence-corrected chi connectivity index (χ1v) is 4.59. The fraction of sp³-hybridized carbons (Fsp3) is 0.273. The van der Waals surface area contributed by atoms with Crippen LogP contribution < -0.4 is 4.74 Å². The summed E-state index contributed by atoms with van der Waals surface area (Å²) in [5.74, 6) is -0.0312. The quantitative estimate of drug-likeness (QED) is 0.779. The van der Waals surface area contributed by atoms with Gasteiger partial charge in [0.05, 0.1) is 7.11 Å². The zero-order valence-electron chi connectivity index (χ0n) is 8.23. The first-order valence-electron chi connectivity index (χ1n) is 4.59. The number of aryl methyl sites for hydroxylation is 1. The Morgan fingerprint density at radius 2 is 2.21 bits per heavy atom. The molecule has 2 rings (SSSR count). The minimum Gasteiger partial charge on any atom is -0.494 e. The summed E-state index contributed by atoms with van der Waals surface area (Å²) in [4.78, 5) is 3.04.